The highest BCUT2D eigenvalue weighted by molar-refractivity contribution is 7.80. The number of hydrogen-bond donors (Lipinski definition) is 5. The number of carboxylic acids is 1. The molecule has 69 heavy (non-hydrogen) atoms. The first-order chi connectivity index (χ1) is 33.5. The van der Waals surface area contributed by atoms with E-state index in [4.69, 9.17) is 40.9 Å². The third-order valence-electron chi connectivity index (χ3n) is 10.8. The van der Waals surface area contributed by atoms with Crippen molar-refractivity contribution in [3.8, 4) is 51.2 Å². The Morgan fingerprint density at radius 2 is 1.67 bits per heavy atom. The number of benzene rings is 5. The molecule has 4 aromatic carbocycles. The van der Waals surface area contributed by atoms with Gasteiger partial charge in [-0.05, 0) is 79.3 Å². The second kappa shape index (κ2) is 20.1. The van der Waals surface area contributed by atoms with Crippen molar-refractivity contribution >= 4 is 62.4 Å². The van der Waals surface area contributed by atoms with E-state index in [1.54, 1.807) is 67.8 Å². The molecule has 0 spiro atoms. The number of phenols is 1. The van der Waals surface area contributed by atoms with Gasteiger partial charge in [0.25, 0.3) is 0 Å². The van der Waals surface area contributed by atoms with Crippen LogP contribution in [0.5, 0.6) is 17.2 Å². The molecule has 348 valence electrons. The highest BCUT2D eigenvalue weighted by Crippen LogP contribution is 2.42. The second-order valence-corrected chi connectivity index (χ2v) is 15.7. The van der Waals surface area contributed by atoms with Crippen molar-refractivity contribution in [3.05, 3.63) is 155 Å². The Hall–Kier alpha value is -8.55. The average Bonchev–Trinajstić information content (AvgIpc) is 3.70. The van der Waals surface area contributed by atoms with Crippen molar-refractivity contribution in [2.45, 2.75) is 13.5 Å². The van der Waals surface area contributed by atoms with Crippen LogP contribution in [0.3, 0.4) is 0 Å². The number of anilines is 3. The molecule has 9 rings (SSSR count). The van der Waals surface area contributed by atoms with E-state index in [9.17, 15) is 19.8 Å². The fourth-order valence-electron chi connectivity index (χ4n) is 7.69. The Labute approximate surface area is 396 Å². The normalized spacial score (nSPS) is 11.2. The van der Waals surface area contributed by atoms with Gasteiger partial charge in [0.1, 0.15) is 46.8 Å². The molecule has 0 fully saturated rings. The van der Waals surface area contributed by atoms with E-state index in [1.165, 1.54) is 41.2 Å². The first-order valence-corrected chi connectivity index (χ1v) is 21.9. The molecule has 0 atom stereocenters. The fourth-order valence-corrected chi connectivity index (χ4v) is 7.91. The Bertz CT molecular complexity index is 3390. The number of aromatic hydroxyl groups is 1. The number of aromatic carboxylic acids is 1. The first kappa shape index (κ1) is 45.6. The lowest BCUT2D eigenvalue weighted by Gasteiger charge is -2.18. The highest BCUT2D eigenvalue weighted by Gasteiger charge is 2.24. The molecule has 0 radical (unpaired) electrons. The number of carboxylic acid groups (broad SMARTS) is 1. The monoisotopic (exact) mass is 950 g/mol. The minimum atomic E-state index is -1.19. The summed E-state index contributed by atoms with van der Waals surface area (Å²) in [6.45, 7) is 2.65. The first-order valence-electron chi connectivity index (χ1n) is 21.5. The van der Waals surface area contributed by atoms with Crippen LogP contribution < -0.4 is 30.9 Å². The molecule has 1 aliphatic carbocycles. The number of carbonyl (C=O) groups is 1. The molecule has 16 nitrogen and oxygen atoms in total. The van der Waals surface area contributed by atoms with Crippen LogP contribution in [0.2, 0.25) is 0 Å². The molecule has 7 aromatic rings. The lowest BCUT2D eigenvalue weighted by atomic mass is 9.90. The average molecular weight is 951 g/mol. The van der Waals surface area contributed by atoms with Gasteiger partial charge in [0, 0.05) is 82.0 Å². The SMILES string of the molecule is CCOc1cc(F)c(Cn2nc(-c3ncc(OCCOCCNC(=S)Nc4ccc(-c5c6ccc(=O)cc-6oc6cc(O)ccc56)c(C(=O)O)c4)c(Nc4ccncc4)n3)c3ccccc32)c(F)c1. The van der Waals surface area contributed by atoms with Crippen molar-refractivity contribution in [2.24, 2.45) is 0 Å². The number of ether oxygens (including phenoxy) is 3. The van der Waals surface area contributed by atoms with Crippen LogP contribution in [0.15, 0.2) is 131 Å². The van der Waals surface area contributed by atoms with Gasteiger partial charge in [-0.25, -0.2) is 23.5 Å². The zero-order chi connectivity index (χ0) is 48.0. The predicted molar refractivity (Wildman–Crippen MR) is 259 cm³/mol. The Morgan fingerprint density at radius 3 is 2.46 bits per heavy atom. The zero-order valence-corrected chi connectivity index (χ0v) is 37.4. The minimum absolute atomic E-state index is 0.0330. The van der Waals surface area contributed by atoms with Crippen molar-refractivity contribution in [2.75, 3.05) is 43.6 Å². The van der Waals surface area contributed by atoms with Gasteiger partial charge in [0.05, 0.1) is 43.6 Å². The molecule has 0 saturated carbocycles. The number of aromatic nitrogens is 5. The van der Waals surface area contributed by atoms with Gasteiger partial charge < -0.3 is 44.8 Å². The van der Waals surface area contributed by atoms with E-state index in [0.29, 0.717) is 68.2 Å². The van der Waals surface area contributed by atoms with E-state index in [0.717, 1.165) is 12.1 Å². The van der Waals surface area contributed by atoms with Gasteiger partial charge in [-0.15, -0.1) is 0 Å². The van der Waals surface area contributed by atoms with Gasteiger partial charge in [-0.3, -0.25) is 14.5 Å². The molecule has 4 heterocycles. The molecule has 5 N–H and O–H groups in total. The van der Waals surface area contributed by atoms with Crippen molar-refractivity contribution in [1.29, 1.82) is 0 Å². The summed E-state index contributed by atoms with van der Waals surface area (Å²) in [5, 5.41) is 35.9. The summed E-state index contributed by atoms with van der Waals surface area (Å²) in [5.41, 5.74) is 3.30. The number of phenolic OH excluding ortho intramolecular Hbond substituents is 1. The van der Waals surface area contributed by atoms with Crippen molar-refractivity contribution < 1.29 is 42.4 Å². The van der Waals surface area contributed by atoms with Gasteiger partial charge in [0.15, 0.2) is 27.9 Å². The molecular weight excluding hydrogens is 911 g/mol. The van der Waals surface area contributed by atoms with Gasteiger partial charge in [-0.1, -0.05) is 24.3 Å². The Morgan fingerprint density at radius 1 is 0.870 bits per heavy atom. The molecule has 19 heteroatoms. The molecule has 0 saturated heterocycles. The maximum absolute atomic E-state index is 15.2. The number of nitrogens with one attached hydrogen (secondary N) is 3. The summed E-state index contributed by atoms with van der Waals surface area (Å²) >= 11 is 5.50. The quantitative estimate of drug-likeness (QED) is 0.0328. The number of thiocarbonyl (C=S) groups is 1. The van der Waals surface area contributed by atoms with Crippen molar-refractivity contribution in [1.82, 2.24) is 30.0 Å². The van der Waals surface area contributed by atoms with Gasteiger partial charge >= 0.3 is 5.97 Å². The number of rotatable bonds is 17. The molecular formula is C50H40F2N8O8S. The summed E-state index contributed by atoms with van der Waals surface area (Å²) in [4.78, 5) is 38.3. The highest BCUT2D eigenvalue weighted by atomic mass is 32.1. The lowest BCUT2D eigenvalue weighted by Crippen LogP contribution is -2.31. The van der Waals surface area contributed by atoms with Crippen LogP contribution in [0.25, 0.3) is 55.8 Å². The summed E-state index contributed by atoms with van der Waals surface area (Å²) in [6.07, 6.45) is 4.75. The Kier molecular flexibility index (Phi) is 13.3. The standard InChI is InChI=1S/C50H40F2N8O8S/c1-2-66-32-24-39(51)38(40(52)25-32)27-60-41-6-4-3-5-34(41)46(59-60)48-55-26-44(47(58-48)56-28-13-15-53-16-14-28)67-20-19-65-18-17-54-50(69)57-29-7-10-33(37(21-29)49(63)64)45-35-11-8-30(61)22-42(35)68-43-23-31(62)9-12-36(43)45/h3-16,21-26,61H,2,17-20,27H2,1H3,(H,63,64)(H2,54,57,69)(H,53,55,56,58). The summed E-state index contributed by atoms with van der Waals surface area (Å²) in [6, 6.07) is 26.7. The molecule has 2 aliphatic rings. The molecule has 3 aromatic heterocycles. The smallest absolute Gasteiger partial charge is 0.336 e. The second-order valence-electron chi connectivity index (χ2n) is 15.3. The third kappa shape index (κ3) is 10.1. The predicted octanol–water partition coefficient (Wildman–Crippen LogP) is 9.02. The van der Waals surface area contributed by atoms with E-state index < -0.39 is 17.6 Å². The number of pyridine rings is 1. The van der Waals surface area contributed by atoms with Crippen LogP contribution in [-0.4, -0.2) is 79.0 Å². The van der Waals surface area contributed by atoms with Crippen molar-refractivity contribution in [3.63, 3.8) is 0 Å². The summed E-state index contributed by atoms with van der Waals surface area (Å²) in [5.74, 6) is -1.53. The number of nitrogens with zero attached hydrogens (tertiary/aromatic N) is 5. The van der Waals surface area contributed by atoms with E-state index in [-0.39, 0.29) is 83.3 Å². The van der Waals surface area contributed by atoms with E-state index in [1.807, 2.05) is 12.1 Å². The molecule has 0 amide bonds. The lowest BCUT2D eigenvalue weighted by molar-refractivity contribution is 0.0697. The number of fused-ring (bicyclic) bond motifs is 3. The van der Waals surface area contributed by atoms with Crippen LogP contribution in [0.4, 0.5) is 26.0 Å². The van der Waals surface area contributed by atoms with Crippen LogP contribution in [0.1, 0.15) is 22.8 Å². The van der Waals surface area contributed by atoms with Gasteiger partial charge in [-0.2, -0.15) is 5.10 Å². The van der Waals surface area contributed by atoms with Crippen LogP contribution in [-0.2, 0) is 11.3 Å². The molecule has 0 unspecified atom stereocenters. The Balaban J connectivity index is 0.837. The third-order valence-corrected chi connectivity index (χ3v) is 11.0. The number of hydrogen-bond acceptors (Lipinski definition) is 13. The minimum Gasteiger partial charge on any atom is -0.508 e. The maximum Gasteiger partial charge on any atom is 0.336 e. The maximum atomic E-state index is 15.2. The van der Waals surface area contributed by atoms with Gasteiger partial charge in [0.2, 0.25) is 0 Å². The number of para-hydroxylation sites is 1. The topological polar surface area (TPSA) is 208 Å². The van der Waals surface area contributed by atoms with Crippen LogP contribution in [0, 0.1) is 11.6 Å². The molecule has 0 bridgehead atoms. The number of halogens is 2. The zero-order valence-electron chi connectivity index (χ0n) is 36.5. The largest absolute Gasteiger partial charge is 0.508 e. The fraction of sp³-hybridized carbons (Fsp3) is 0.140. The van der Waals surface area contributed by atoms with Crippen LogP contribution >= 0.6 is 12.2 Å². The summed E-state index contributed by atoms with van der Waals surface area (Å²) in [7, 11) is 0. The molecule has 1 aliphatic heterocycles. The summed E-state index contributed by atoms with van der Waals surface area (Å²) < 4.78 is 54.9. The van der Waals surface area contributed by atoms with E-state index >= 15 is 8.78 Å². The van der Waals surface area contributed by atoms with E-state index in [2.05, 4.69) is 25.9 Å².